The molecule has 4 nitrogen and oxygen atoms in total. The fourth-order valence-electron chi connectivity index (χ4n) is 2.64. The van der Waals surface area contributed by atoms with Crippen molar-refractivity contribution in [1.29, 1.82) is 0 Å². The molecule has 1 aliphatic rings. The number of methoxy groups -OCH3 is 1. The van der Waals surface area contributed by atoms with Crippen LogP contribution in [0.2, 0.25) is 0 Å². The van der Waals surface area contributed by atoms with Gasteiger partial charge in [-0.25, -0.2) is 4.98 Å². The monoisotopic (exact) mass is 302 g/mol. The molecule has 1 N–H and O–H groups in total. The largest absolute Gasteiger partial charge is 0.375 e. The molecule has 1 amide bonds. The van der Waals surface area contributed by atoms with Crippen molar-refractivity contribution in [3.8, 4) is 11.3 Å². The lowest BCUT2D eigenvalue weighted by atomic mass is 9.90. The van der Waals surface area contributed by atoms with E-state index in [0.717, 1.165) is 17.7 Å². The van der Waals surface area contributed by atoms with Crippen LogP contribution in [0, 0.1) is 0 Å². The maximum absolute atomic E-state index is 11.5. The zero-order chi connectivity index (χ0) is 14.7. The van der Waals surface area contributed by atoms with Crippen LogP contribution in [-0.4, -0.2) is 24.6 Å². The molecule has 1 aromatic heterocycles. The predicted octanol–water partition coefficient (Wildman–Crippen LogP) is 3.27. The molecule has 1 heterocycles. The van der Waals surface area contributed by atoms with Crippen LogP contribution in [-0.2, 0) is 22.4 Å². The van der Waals surface area contributed by atoms with Crippen molar-refractivity contribution in [2.24, 2.45) is 0 Å². The average molecular weight is 302 g/mol. The van der Waals surface area contributed by atoms with Gasteiger partial charge >= 0.3 is 0 Å². The number of carbonyl (C=O) groups is 1. The molecular weight excluding hydrogens is 284 g/mol. The van der Waals surface area contributed by atoms with Crippen LogP contribution in [0.5, 0.6) is 0 Å². The summed E-state index contributed by atoms with van der Waals surface area (Å²) in [5, 5.41) is 5.33. The molecule has 0 atom stereocenters. The van der Waals surface area contributed by atoms with Crippen LogP contribution in [0.4, 0.5) is 5.13 Å². The minimum Gasteiger partial charge on any atom is -0.375 e. The first-order valence-electron chi connectivity index (χ1n) is 7.13. The van der Waals surface area contributed by atoms with Gasteiger partial charge in [-0.05, 0) is 42.9 Å². The number of carbonyl (C=O) groups excluding carboxylic acids is 1. The molecule has 2 aromatic rings. The van der Waals surface area contributed by atoms with Gasteiger partial charge < -0.3 is 4.74 Å². The first-order valence-corrected chi connectivity index (χ1v) is 8.01. The number of benzene rings is 1. The second-order valence-corrected chi connectivity index (χ2v) is 6.07. The highest BCUT2D eigenvalue weighted by Gasteiger charge is 2.12. The summed E-state index contributed by atoms with van der Waals surface area (Å²) in [5.41, 5.74) is 4.95. The summed E-state index contributed by atoms with van der Waals surface area (Å²) in [6, 6.07) is 6.58. The predicted molar refractivity (Wildman–Crippen MR) is 84.7 cm³/mol. The Balaban J connectivity index is 1.78. The van der Waals surface area contributed by atoms with E-state index >= 15 is 0 Å². The third-order valence-electron chi connectivity index (χ3n) is 3.67. The summed E-state index contributed by atoms with van der Waals surface area (Å²) >= 11 is 1.44. The number of nitrogens with one attached hydrogen (secondary N) is 1. The number of thiazole rings is 1. The van der Waals surface area contributed by atoms with Crippen LogP contribution >= 0.6 is 11.3 Å². The van der Waals surface area contributed by atoms with Crippen molar-refractivity contribution >= 4 is 22.4 Å². The molecule has 0 spiro atoms. The van der Waals surface area contributed by atoms with Gasteiger partial charge in [0.05, 0.1) is 5.69 Å². The zero-order valence-electron chi connectivity index (χ0n) is 12.0. The summed E-state index contributed by atoms with van der Waals surface area (Å²) in [6.07, 6.45) is 4.90. The molecule has 3 rings (SSSR count). The molecule has 0 radical (unpaired) electrons. The van der Waals surface area contributed by atoms with E-state index in [1.807, 2.05) is 5.38 Å². The number of fused-ring (bicyclic) bond motifs is 1. The number of aryl methyl sites for hydroxylation is 2. The van der Waals surface area contributed by atoms with Gasteiger partial charge in [-0.2, -0.15) is 0 Å². The molecule has 1 aliphatic carbocycles. The van der Waals surface area contributed by atoms with Gasteiger partial charge in [0, 0.05) is 18.1 Å². The van der Waals surface area contributed by atoms with E-state index < -0.39 is 0 Å². The Morgan fingerprint density at radius 1 is 1.33 bits per heavy atom. The van der Waals surface area contributed by atoms with Crippen molar-refractivity contribution < 1.29 is 9.53 Å². The standard InChI is InChI=1S/C16H18N2O2S/c1-20-9-15(19)18-16-17-14(10-21-16)13-7-6-11-4-2-3-5-12(11)8-13/h6-8,10H,2-5,9H2,1H3,(H,17,18,19). The number of nitrogens with zero attached hydrogens (tertiary/aromatic N) is 1. The van der Waals surface area contributed by atoms with Crippen molar-refractivity contribution in [1.82, 2.24) is 4.98 Å². The lowest BCUT2D eigenvalue weighted by Gasteiger charge is -2.16. The number of rotatable bonds is 4. The molecule has 21 heavy (non-hydrogen) atoms. The Morgan fingerprint density at radius 2 is 2.14 bits per heavy atom. The van der Waals surface area contributed by atoms with Crippen LogP contribution in [0.1, 0.15) is 24.0 Å². The molecule has 0 aliphatic heterocycles. The summed E-state index contributed by atoms with van der Waals surface area (Å²) < 4.78 is 4.79. The second kappa shape index (κ2) is 6.37. The minimum atomic E-state index is -0.177. The molecular formula is C16H18N2O2S. The van der Waals surface area contributed by atoms with Crippen LogP contribution in [0.3, 0.4) is 0 Å². The van der Waals surface area contributed by atoms with Gasteiger partial charge in [-0.15, -0.1) is 11.3 Å². The number of hydrogen-bond donors (Lipinski definition) is 1. The van der Waals surface area contributed by atoms with Crippen LogP contribution < -0.4 is 5.32 Å². The number of hydrogen-bond acceptors (Lipinski definition) is 4. The highest BCUT2D eigenvalue weighted by molar-refractivity contribution is 7.14. The smallest absolute Gasteiger partial charge is 0.252 e. The Hall–Kier alpha value is -1.72. The second-order valence-electron chi connectivity index (χ2n) is 5.21. The molecule has 0 unspecified atom stereocenters. The van der Waals surface area contributed by atoms with E-state index in [1.54, 1.807) is 0 Å². The first kappa shape index (κ1) is 14.2. The van der Waals surface area contributed by atoms with E-state index in [0.29, 0.717) is 5.13 Å². The Bertz CT molecular complexity index is 651. The third kappa shape index (κ3) is 3.31. The van der Waals surface area contributed by atoms with E-state index in [9.17, 15) is 4.79 Å². The highest BCUT2D eigenvalue weighted by atomic mass is 32.1. The Labute approximate surface area is 128 Å². The minimum absolute atomic E-state index is 0.0494. The molecule has 110 valence electrons. The molecule has 0 fully saturated rings. The van der Waals surface area contributed by atoms with Crippen LogP contribution in [0.15, 0.2) is 23.6 Å². The van der Waals surface area contributed by atoms with Crippen molar-refractivity contribution in [3.63, 3.8) is 0 Å². The van der Waals surface area contributed by atoms with Gasteiger partial charge in [0.25, 0.3) is 5.91 Å². The lowest BCUT2D eigenvalue weighted by Crippen LogP contribution is -2.16. The normalized spacial score (nSPS) is 13.8. The SMILES string of the molecule is COCC(=O)Nc1nc(-c2ccc3c(c2)CCCC3)cs1. The zero-order valence-corrected chi connectivity index (χ0v) is 12.8. The summed E-state index contributed by atoms with van der Waals surface area (Å²) in [4.78, 5) is 16.0. The van der Waals surface area contributed by atoms with Gasteiger partial charge in [-0.3, -0.25) is 10.1 Å². The average Bonchev–Trinajstić information content (AvgIpc) is 2.95. The molecule has 1 aromatic carbocycles. The van der Waals surface area contributed by atoms with Crippen molar-refractivity contribution in [3.05, 3.63) is 34.7 Å². The summed E-state index contributed by atoms with van der Waals surface area (Å²) in [7, 11) is 1.50. The maximum atomic E-state index is 11.5. The molecule has 0 bridgehead atoms. The topological polar surface area (TPSA) is 51.2 Å². The van der Waals surface area contributed by atoms with Gasteiger partial charge in [0.1, 0.15) is 6.61 Å². The summed E-state index contributed by atoms with van der Waals surface area (Å²) in [6.45, 7) is 0.0494. The number of ether oxygens (including phenoxy) is 1. The van der Waals surface area contributed by atoms with Crippen molar-refractivity contribution in [2.45, 2.75) is 25.7 Å². The number of anilines is 1. The lowest BCUT2D eigenvalue weighted by molar-refractivity contribution is -0.119. The number of aromatic nitrogens is 1. The maximum Gasteiger partial charge on any atom is 0.252 e. The van der Waals surface area contributed by atoms with E-state index in [-0.39, 0.29) is 12.5 Å². The van der Waals surface area contributed by atoms with E-state index in [2.05, 4.69) is 28.5 Å². The fraction of sp³-hybridized carbons (Fsp3) is 0.375. The Morgan fingerprint density at radius 3 is 2.95 bits per heavy atom. The molecule has 5 heteroatoms. The van der Waals surface area contributed by atoms with Crippen molar-refractivity contribution in [2.75, 3.05) is 19.0 Å². The fourth-order valence-corrected chi connectivity index (χ4v) is 3.38. The highest BCUT2D eigenvalue weighted by Crippen LogP contribution is 2.29. The molecule has 0 saturated carbocycles. The number of amides is 1. The first-order chi connectivity index (χ1) is 10.3. The summed E-state index contributed by atoms with van der Waals surface area (Å²) in [5.74, 6) is -0.177. The van der Waals surface area contributed by atoms with Gasteiger partial charge in [0.15, 0.2) is 5.13 Å². The Kier molecular flexibility index (Phi) is 4.31. The van der Waals surface area contributed by atoms with Crippen LogP contribution in [0.25, 0.3) is 11.3 Å². The van der Waals surface area contributed by atoms with E-state index in [1.165, 1.54) is 48.8 Å². The third-order valence-corrected chi connectivity index (χ3v) is 4.43. The van der Waals surface area contributed by atoms with E-state index in [4.69, 9.17) is 4.74 Å². The van der Waals surface area contributed by atoms with Gasteiger partial charge in [0.2, 0.25) is 0 Å². The molecule has 0 saturated heterocycles. The van der Waals surface area contributed by atoms with Gasteiger partial charge in [-0.1, -0.05) is 12.1 Å². The quantitative estimate of drug-likeness (QED) is 0.943.